The maximum absolute atomic E-state index is 6.64. The van der Waals surface area contributed by atoms with E-state index in [1.165, 1.54) is 71.1 Å². The lowest BCUT2D eigenvalue weighted by Crippen LogP contribution is -1.93. The lowest BCUT2D eigenvalue weighted by molar-refractivity contribution is 0.670. The number of fused-ring (bicyclic) bond motifs is 7. The summed E-state index contributed by atoms with van der Waals surface area (Å²) in [5.74, 6) is 0. The van der Waals surface area contributed by atoms with Crippen molar-refractivity contribution in [3.05, 3.63) is 182 Å². The Kier molecular flexibility index (Phi) is 6.25. The van der Waals surface area contributed by atoms with Crippen molar-refractivity contribution >= 4 is 54.3 Å². The van der Waals surface area contributed by atoms with Crippen molar-refractivity contribution in [1.82, 2.24) is 0 Å². The third kappa shape index (κ3) is 4.33. The van der Waals surface area contributed by atoms with Crippen molar-refractivity contribution in [1.29, 1.82) is 0 Å². The third-order valence-corrected chi connectivity index (χ3v) is 10.0. The van der Waals surface area contributed by atoms with Gasteiger partial charge in [-0.1, -0.05) is 164 Å². The molecule has 0 fully saturated rings. The molecule has 1 heteroatoms. The first-order valence-electron chi connectivity index (χ1n) is 16.9. The highest BCUT2D eigenvalue weighted by Crippen LogP contribution is 2.47. The van der Waals surface area contributed by atoms with Crippen LogP contribution >= 0.6 is 0 Å². The summed E-state index contributed by atoms with van der Waals surface area (Å²) in [6.07, 6.45) is 0. The summed E-state index contributed by atoms with van der Waals surface area (Å²) in [4.78, 5) is 0. The Bertz CT molecular complexity index is 2820. The maximum Gasteiger partial charge on any atom is 0.143 e. The van der Waals surface area contributed by atoms with Gasteiger partial charge in [-0.05, 0) is 89.5 Å². The lowest BCUT2D eigenvalue weighted by atomic mass is 9.83. The first kappa shape index (κ1) is 27.7. The van der Waals surface area contributed by atoms with Gasteiger partial charge in [0, 0.05) is 16.3 Å². The van der Waals surface area contributed by atoms with E-state index in [9.17, 15) is 0 Å². The highest BCUT2D eigenvalue weighted by molar-refractivity contribution is 6.24. The van der Waals surface area contributed by atoms with Crippen LogP contribution in [-0.4, -0.2) is 0 Å². The molecule has 0 amide bonds. The molecule has 0 saturated heterocycles. The monoisotopic (exact) mass is 622 g/mol. The first-order chi connectivity index (χ1) is 24.3. The molecule has 9 aromatic carbocycles. The average Bonchev–Trinajstić information content (AvgIpc) is 3.57. The van der Waals surface area contributed by atoms with Gasteiger partial charge in [0.05, 0.1) is 0 Å². The fraction of sp³-hybridized carbons (Fsp3) is 0. The second kappa shape index (κ2) is 11.1. The van der Waals surface area contributed by atoms with Crippen LogP contribution in [0.2, 0.25) is 0 Å². The third-order valence-electron chi connectivity index (χ3n) is 10.0. The Morgan fingerprint density at radius 2 is 0.837 bits per heavy atom. The van der Waals surface area contributed by atoms with E-state index in [1.54, 1.807) is 0 Å². The number of hydrogen-bond donors (Lipinski definition) is 0. The zero-order chi connectivity index (χ0) is 32.3. The van der Waals surface area contributed by atoms with E-state index in [-0.39, 0.29) is 0 Å². The van der Waals surface area contributed by atoms with Crippen LogP contribution in [0.25, 0.3) is 98.8 Å². The number of para-hydroxylation sites is 1. The van der Waals surface area contributed by atoms with Gasteiger partial charge >= 0.3 is 0 Å². The Balaban J connectivity index is 1.25. The van der Waals surface area contributed by atoms with Gasteiger partial charge in [0.2, 0.25) is 0 Å². The molecule has 0 bridgehead atoms. The van der Waals surface area contributed by atoms with E-state index in [1.807, 2.05) is 6.07 Å². The quantitative estimate of drug-likeness (QED) is 0.178. The minimum absolute atomic E-state index is 0.912. The predicted octanol–water partition coefficient (Wildman–Crippen LogP) is 13.7. The van der Waals surface area contributed by atoms with Gasteiger partial charge in [0.1, 0.15) is 11.2 Å². The van der Waals surface area contributed by atoms with E-state index in [0.717, 1.165) is 27.7 Å². The standard InChI is InChI=1S/C48H30O/c1-2-15-31(16-3-1)35-20-6-7-22-37(35)46-40-25-10-8-23-38(40)45(39-24-9-11-26-41(39)46)34-19-14-18-32(29-34)43-30-33-17-4-5-21-36(33)47-42-27-12-13-28-44(42)49-48(43)47/h1-30H. The van der Waals surface area contributed by atoms with Gasteiger partial charge in [-0.15, -0.1) is 0 Å². The zero-order valence-corrected chi connectivity index (χ0v) is 26.7. The van der Waals surface area contributed by atoms with Crippen molar-refractivity contribution in [2.45, 2.75) is 0 Å². The summed E-state index contributed by atoms with van der Waals surface area (Å²) in [5, 5.41) is 9.71. The molecule has 1 heterocycles. The van der Waals surface area contributed by atoms with E-state index in [2.05, 4.69) is 176 Å². The predicted molar refractivity (Wildman–Crippen MR) is 208 cm³/mol. The molecule has 1 aromatic heterocycles. The summed E-state index contributed by atoms with van der Waals surface area (Å²) in [6.45, 7) is 0. The fourth-order valence-electron chi connectivity index (χ4n) is 7.93. The maximum atomic E-state index is 6.64. The smallest absolute Gasteiger partial charge is 0.143 e. The molecular formula is C48H30O. The molecule has 0 unspecified atom stereocenters. The highest BCUT2D eigenvalue weighted by atomic mass is 16.3. The molecule has 0 spiro atoms. The normalized spacial score (nSPS) is 11.7. The lowest BCUT2D eigenvalue weighted by Gasteiger charge is -2.20. The molecule has 228 valence electrons. The van der Waals surface area contributed by atoms with E-state index in [0.29, 0.717) is 0 Å². The second-order valence-electron chi connectivity index (χ2n) is 12.8. The molecule has 0 aliphatic heterocycles. The number of rotatable bonds is 4. The largest absolute Gasteiger partial charge is 0.455 e. The SMILES string of the molecule is c1ccc(-c2ccccc2-c2c3ccccc3c(-c3cccc(-c4cc5ccccc5c5c4oc4ccccc45)c3)c3ccccc23)cc1. The molecule has 0 aliphatic carbocycles. The van der Waals surface area contributed by atoms with Gasteiger partial charge in [-0.3, -0.25) is 0 Å². The number of furan rings is 1. The minimum atomic E-state index is 0.912. The molecule has 0 radical (unpaired) electrons. The summed E-state index contributed by atoms with van der Waals surface area (Å²) >= 11 is 0. The van der Waals surface area contributed by atoms with Crippen LogP contribution in [0.5, 0.6) is 0 Å². The molecule has 0 saturated carbocycles. The molecule has 0 atom stereocenters. The molecular weight excluding hydrogens is 593 g/mol. The van der Waals surface area contributed by atoms with Crippen LogP contribution in [0.3, 0.4) is 0 Å². The van der Waals surface area contributed by atoms with Crippen LogP contribution in [0.1, 0.15) is 0 Å². The Hall–Kier alpha value is -6.44. The Morgan fingerprint density at radius 1 is 0.306 bits per heavy atom. The van der Waals surface area contributed by atoms with E-state index >= 15 is 0 Å². The zero-order valence-electron chi connectivity index (χ0n) is 26.7. The summed E-state index contributed by atoms with van der Waals surface area (Å²) < 4.78 is 6.64. The minimum Gasteiger partial charge on any atom is -0.455 e. The van der Waals surface area contributed by atoms with Crippen LogP contribution in [0.4, 0.5) is 0 Å². The molecule has 0 aliphatic rings. The molecule has 10 aromatic rings. The van der Waals surface area contributed by atoms with E-state index < -0.39 is 0 Å². The molecule has 1 nitrogen and oxygen atoms in total. The fourth-order valence-corrected chi connectivity index (χ4v) is 7.93. The van der Waals surface area contributed by atoms with E-state index in [4.69, 9.17) is 4.42 Å². The number of hydrogen-bond acceptors (Lipinski definition) is 1. The average molecular weight is 623 g/mol. The highest BCUT2D eigenvalue weighted by Gasteiger charge is 2.20. The van der Waals surface area contributed by atoms with Gasteiger partial charge < -0.3 is 4.42 Å². The van der Waals surface area contributed by atoms with Crippen LogP contribution in [-0.2, 0) is 0 Å². The summed E-state index contributed by atoms with van der Waals surface area (Å²) in [7, 11) is 0. The second-order valence-corrected chi connectivity index (χ2v) is 12.8. The Morgan fingerprint density at radius 3 is 1.57 bits per heavy atom. The molecule has 10 rings (SSSR count). The van der Waals surface area contributed by atoms with Crippen molar-refractivity contribution in [2.24, 2.45) is 0 Å². The van der Waals surface area contributed by atoms with Gasteiger partial charge in [-0.2, -0.15) is 0 Å². The van der Waals surface area contributed by atoms with Crippen LogP contribution < -0.4 is 0 Å². The van der Waals surface area contributed by atoms with Gasteiger partial charge in [0.15, 0.2) is 0 Å². The van der Waals surface area contributed by atoms with Crippen molar-refractivity contribution < 1.29 is 4.42 Å². The first-order valence-corrected chi connectivity index (χ1v) is 16.9. The van der Waals surface area contributed by atoms with Gasteiger partial charge in [0.25, 0.3) is 0 Å². The summed E-state index contributed by atoms with van der Waals surface area (Å²) in [5.41, 5.74) is 11.5. The van der Waals surface area contributed by atoms with Crippen LogP contribution in [0, 0.1) is 0 Å². The van der Waals surface area contributed by atoms with Crippen molar-refractivity contribution in [3.8, 4) is 44.5 Å². The van der Waals surface area contributed by atoms with Crippen molar-refractivity contribution in [2.75, 3.05) is 0 Å². The van der Waals surface area contributed by atoms with Gasteiger partial charge in [-0.25, -0.2) is 0 Å². The molecule has 49 heavy (non-hydrogen) atoms. The number of benzene rings is 9. The summed E-state index contributed by atoms with van der Waals surface area (Å²) in [6, 6.07) is 65.7. The van der Waals surface area contributed by atoms with Crippen molar-refractivity contribution in [3.63, 3.8) is 0 Å². The van der Waals surface area contributed by atoms with Crippen LogP contribution in [0.15, 0.2) is 186 Å². The topological polar surface area (TPSA) is 13.1 Å². The Labute approximate surface area is 284 Å². The molecule has 0 N–H and O–H groups in total.